The SMILES string of the molecule is Cc1nc(CNC(=O)CC2COCCN2)sc1C.Cl.Cl. The molecule has 0 radical (unpaired) electrons. The van der Waals surface area contributed by atoms with Crippen LogP contribution in [0.5, 0.6) is 0 Å². The summed E-state index contributed by atoms with van der Waals surface area (Å²) in [5.41, 5.74) is 1.05. The maximum Gasteiger partial charge on any atom is 0.222 e. The molecule has 1 atom stereocenters. The number of aryl methyl sites for hydroxylation is 2. The number of carbonyl (C=O) groups excluding carboxylic acids is 1. The van der Waals surface area contributed by atoms with E-state index in [1.807, 2.05) is 13.8 Å². The van der Waals surface area contributed by atoms with Crippen LogP contribution in [-0.4, -0.2) is 36.7 Å². The lowest BCUT2D eigenvalue weighted by Crippen LogP contribution is -2.44. The third-order valence-electron chi connectivity index (χ3n) is 2.94. The second-order valence-electron chi connectivity index (χ2n) is 4.46. The molecule has 0 bridgehead atoms. The van der Waals surface area contributed by atoms with Crippen LogP contribution in [0, 0.1) is 13.8 Å². The van der Waals surface area contributed by atoms with Gasteiger partial charge in [-0.05, 0) is 13.8 Å². The van der Waals surface area contributed by atoms with E-state index in [0.717, 1.165) is 23.9 Å². The molecule has 2 N–H and O–H groups in total. The van der Waals surface area contributed by atoms with Crippen LogP contribution < -0.4 is 10.6 Å². The van der Waals surface area contributed by atoms with Gasteiger partial charge in [-0.2, -0.15) is 0 Å². The van der Waals surface area contributed by atoms with E-state index in [9.17, 15) is 4.79 Å². The molecule has 1 aromatic heterocycles. The molecule has 116 valence electrons. The van der Waals surface area contributed by atoms with E-state index in [-0.39, 0.29) is 36.8 Å². The topological polar surface area (TPSA) is 63.2 Å². The second kappa shape index (κ2) is 9.52. The fourth-order valence-corrected chi connectivity index (χ4v) is 2.71. The lowest BCUT2D eigenvalue weighted by atomic mass is 10.2. The number of hydrogen-bond acceptors (Lipinski definition) is 5. The second-order valence-corrected chi connectivity index (χ2v) is 5.74. The highest BCUT2D eigenvalue weighted by molar-refractivity contribution is 7.11. The quantitative estimate of drug-likeness (QED) is 0.873. The zero-order chi connectivity index (χ0) is 13.0. The maximum atomic E-state index is 11.7. The van der Waals surface area contributed by atoms with Gasteiger partial charge >= 0.3 is 0 Å². The summed E-state index contributed by atoms with van der Waals surface area (Å²) >= 11 is 1.64. The fraction of sp³-hybridized carbons (Fsp3) is 0.667. The number of amides is 1. The Bertz CT molecular complexity index is 403. The van der Waals surface area contributed by atoms with Crippen molar-refractivity contribution in [3.05, 3.63) is 15.6 Å². The van der Waals surface area contributed by atoms with Gasteiger partial charge in [0.1, 0.15) is 5.01 Å². The molecule has 0 aliphatic carbocycles. The minimum Gasteiger partial charge on any atom is -0.378 e. The average Bonchev–Trinajstić information content (AvgIpc) is 2.68. The number of ether oxygens (including phenoxy) is 1. The van der Waals surface area contributed by atoms with Crippen molar-refractivity contribution in [1.82, 2.24) is 15.6 Å². The number of thiazole rings is 1. The number of morpholine rings is 1. The number of rotatable bonds is 4. The van der Waals surface area contributed by atoms with E-state index in [0.29, 0.717) is 19.6 Å². The maximum absolute atomic E-state index is 11.7. The molecule has 1 aliphatic heterocycles. The van der Waals surface area contributed by atoms with Crippen molar-refractivity contribution in [2.24, 2.45) is 0 Å². The molecular weight excluding hydrogens is 321 g/mol. The first kappa shape index (κ1) is 19.6. The van der Waals surface area contributed by atoms with Crippen molar-refractivity contribution in [1.29, 1.82) is 0 Å². The molecule has 1 aromatic rings. The molecule has 0 saturated carbocycles. The van der Waals surface area contributed by atoms with Crippen molar-refractivity contribution in [2.75, 3.05) is 19.8 Å². The molecule has 20 heavy (non-hydrogen) atoms. The van der Waals surface area contributed by atoms with E-state index in [2.05, 4.69) is 15.6 Å². The highest BCUT2D eigenvalue weighted by Crippen LogP contribution is 2.15. The predicted molar refractivity (Wildman–Crippen MR) is 85.2 cm³/mol. The molecule has 2 heterocycles. The van der Waals surface area contributed by atoms with E-state index in [4.69, 9.17) is 4.74 Å². The van der Waals surface area contributed by atoms with E-state index in [1.54, 1.807) is 11.3 Å². The predicted octanol–water partition coefficient (Wildman–Crippen LogP) is 1.60. The number of halogens is 2. The molecule has 1 saturated heterocycles. The summed E-state index contributed by atoms with van der Waals surface area (Å²) in [5, 5.41) is 7.13. The first-order valence-electron chi connectivity index (χ1n) is 6.16. The van der Waals surface area contributed by atoms with Crippen LogP contribution >= 0.6 is 36.2 Å². The van der Waals surface area contributed by atoms with Crippen LogP contribution in [0.1, 0.15) is 22.0 Å². The van der Waals surface area contributed by atoms with Crippen LogP contribution in [0.15, 0.2) is 0 Å². The van der Waals surface area contributed by atoms with Gasteiger partial charge in [0.15, 0.2) is 0 Å². The summed E-state index contributed by atoms with van der Waals surface area (Å²) in [4.78, 5) is 17.3. The summed E-state index contributed by atoms with van der Waals surface area (Å²) in [6.45, 7) is 6.72. The summed E-state index contributed by atoms with van der Waals surface area (Å²) in [6, 6.07) is 0.138. The standard InChI is InChI=1S/C12H19N3O2S.2ClH/c1-8-9(2)18-12(15-8)6-14-11(16)5-10-7-17-4-3-13-10;;/h10,13H,3-7H2,1-2H3,(H,14,16);2*1H. The zero-order valence-electron chi connectivity index (χ0n) is 11.6. The number of carbonyl (C=O) groups is 1. The smallest absolute Gasteiger partial charge is 0.222 e. The molecule has 1 fully saturated rings. The number of aromatic nitrogens is 1. The first-order chi connectivity index (χ1) is 8.65. The van der Waals surface area contributed by atoms with Crippen LogP contribution in [0.25, 0.3) is 0 Å². The molecule has 1 amide bonds. The van der Waals surface area contributed by atoms with Gasteiger partial charge in [-0.3, -0.25) is 4.79 Å². The van der Waals surface area contributed by atoms with Crippen molar-refractivity contribution >= 4 is 42.1 Å². The molecule has 0 spiro atoms. The molecule has 0 aromatic carbocycles. The van der Waals surface area contributed by atoms with Gasteiger partial charge in [0, 0.05) is 23.9 Å². The van der Waals surface area contributed by atoms with Gasteiger partial charge < -0.3 is 15.4 Å². The van der Waals surface area contributed by atoms with Gasteiger partial charge in [-0.15, -0.1) is 36.2 Å². The monoisotopic (exact) mass is 341 g/mol. The van der Waals surface area contributed by atoms with Crippen LogP contribution in [0.3, 0.4) is 0 Å². The molecule has 5 nitrogen and oxygen atoms in total. The average molecular weight is 342 g/mol. The third kappa shape index (κ3) is 5.93. The Balaban J connectivity index is 0.00000180. The Kier molecular flexibility index (Phi) is 9.33. The minimum atomic E-state index is 0. The van der Waals surface area contributed by atoms with E-state index >= 15 is 0 Å². The summed E-state index contributed by atoms with van der Waals surface area (Å²) in [6.07, 6.45) is 0.462. The third-order valence-corrected chi connectivity index (χ3v) is 4.01. The van der Waals surface area contributed by atoms with Gasteiger partial charge in [0.25, 0.3) is 0 Å². The highest BCUT2D eigenvalue weighted by Gasteiger charge is 2.16. The largest absolute Gasteiger partial charge is 0.378 e. The molecule has 8 heteroatoms. The van der Waals surface area contributed by atoms with Gasteiger partial charge in [0.05, 0.1) is 25.5 Å². The fourth-order valence-electron chi connectivity index (χ4n) is 1.84. The Morgan fingerprint density at radius 3 is 2.80 bits per heavy atom. The minimum absolute atomic E-state index is 0. The van der Waals surface area contributed by atoms with Crippen LogP contribution in [-0.2, 0) is 16.1 Å². The Morgan fingerprint density at radius 1 is 1.50 bits per heavy atom. The molecule has 1 aliphatic rings. The van der Waals surface area contributed by atoms with Crippen molar-refractivity contribution < 1.29 is 9.53 Å². The lowest BCUT2D eigenvalue weighted by molar-refractivity contribution is -0.122. The zero-order valence-corrected chi connectivity index (χ0v) is 14.1. The van der Waals surface area contributed by atoms with Crippen molar-refractivity contribution in [3.63, 3.8) is 0 Å². The van der Waals surface area contributed by atoms with Gasteiger partial charge in [-0.25, -0.2) is 4.98 Å². The normalized spacial score (nSPS) is 17.8. The number of nitrogens with one attached hydrogen (secondary N) is 2. The Hall–Kier alpha value is -0.400. The molecular formula is C12H21Cl2N3O2S. The van der Waals surface area contributed by atoms with Crippen molar-refractivity contribution in [3.8, 4) is 0 Å². The number of nitrogens with zero attached hydrogens (tertiary/aromatic N) is 1. The van der Waals surface area contributed by atoms with E-state index in [1.165, 1.54) is 4.88 Å². The van der Waals surface area contributed by atoms with Crippen LogP contribution in [0.2, 0.25) is 0 Å². The van der Waals surface area contributed by atoms with E-state index < -0.39 is 0 Å². The van der Waals surface area contributed by atoms with Crippen LogP contribution in [0.4, 0.5) is 0 Å². The van der Waals surface area contributed by atoms with Gasteiger partial charge in [0.2, 0.25) is 5.91 Å². The van der Waals surface area contributed by atoms with Gasteiger partial charge in [-0.1, -0.05) is 0 Å². The lowest BCUT2D eigenvalue weighted by Gasteiger charge is -2.23. The summed E-state index contributed by atoms with van der Waals surface area (Å²) < 4.78 is 5.31. The highest BCUT2D eigenvalue weighted by atomic mass is 35.5. The number of hydrogen-bond donors (Lipinski definition) is 2. The van der Waals surface area contributed by atoms with Crippen molar-refractivity contribution in [2.45, 2.75) is 32.9 Å². The Labute approximate surface area is 135 Å². The summed E-state index contributed by atoms with van der Waals surface area (Å²) in [5.74, 6) is 0.0449. The molecule has 2 rings (SSSR count). The molecule has 1 unspecified atom stereocenters. The Morgan fingerprint density at radius 2 is 2.25 bits per heavy atom. The first-order valence-corrected chi connectivity index (χ1v) is 6.97. The summed E-state index contributed by atoms with van der Waals surface area (Å²) in [7, 11) is 0.